The van der Waals surface area contributed by atoms with E-state index in [0.717, 1.165) is 17.7 Å². The van der Waals surface area contributed by atoms with Crippen molar-refractivity contribution in [2.75, 3.05) is 0 Å². The Morgan fingerprint density at radius 2 is 1.68 bits per heavy atom. The molecule has 0 aliphatic carbocycles. The Labute approximate surface area is 127 Å². The average Bonchev–Trinajstić information content (AvgIpc) is 2.36. The molecule has 2 aromatic rings. The molecule has 22 heavy (non-hydrogen) atoms. The summed E-state index contributed by atoms with van der Waals surface area (Å²) in [6.07, 6.45) is -4.49. The molecule has 0 radical (unpaired) electrons. The van der Waals surface area contributed by atoms with E-state index < -0.39 is 27.3 Å². The number of aryl methyl sites for hydroxylation is 2. The average molecular weight is 328 g/mol. The Morgan fingerprint density at radius 1 is 1.00 bits per heavy atom. The topological polar surface area (TPSA) is 34.1 Å². The summed E-state index contributed by atoms with van der Waals surface area (Å²) in [5, 5.41) is 0. The molecule has 0 saturated heterocycles. The van der Waals surface area contributed by atoms with Crippen LogP contribution < -0.4 is 0 Å². The molecule has 0 aliphatic heterocycles. The zero-order valence-corrected chi connectivity index (χ0v) is 12.9. The van der Waals surface area contributed by atoms with Crippen molar-refractivity contribution in [1.82, 2.24) is 0 Å². The molecule has 0 unspecified atom stereocenters. The minimum Gasteiger partial charge on any atom is -0.223 e. The van der Waals surface area contributed by atoms with Crippen LogP contribution in [0.25, 0.3) is 0 Å². The van der Waals surface area contributed by atoms with Gasteiger partial charge in [0.2, 0.25) is 0 Å². The van der Waals surface area contributed by atoms with Crippen LogP contribution in [-0.4, -0.2) is 8.42 Å². The summed E-state index contributed by atoms with van der Waals surface area (Å²) in [7, 11) is -3.69. The van der Waals surface area contributed by atoms with Crippen LogP contribution in [0.3, 0.4) is 0 Å². The fraction of sp³-hybridized carbons (Fsp3) is 0.250. The predicted molar refractivity (Wildman–Crippen MR) is 78.2 cm³/mol. The number of alkyl halides is 3. The summed E-state index contributed by atoms with van der Waals surface area (Å²) >= 11 is 0. The zero-order valence-electron chi connectivity index (χ0n) is 12.1. The maximum Gasteiger partial charge on any atom is 0.416 e. The molecule has 6 heteroatoms. The lowest BCUT2D eigenvalue weighted by Gasteiger charge is -2.11. The largest absolute Gasteiger partial charge is 0.416 e. The van der Waals surface area contributed by atoms with Crippen molar-refractivity contribution in [3.8, 4) is 0 Å². The normalized spacial score (nSPS) is 12.4. The van der Waals surface area contributed by atoms with Crippen LogP contribution in [-0.2, 0) is 21.8 Å². The third-order valence-electron chi connectivity index (χ3n) is 3.28. The molecule has 0 fully saturated rings. The Hall–Kier alpha value is -1.82. The zero-order chi connectivity index (χ0) is 16.5. The van der Waals surface area contributed by atoms with E-state index in [1.807, 2.05) is 6.92 Å². The number of rotatable bonds is 3. The second kappa shape index (κ2) is 5.76. The third kappa shape index (κ3) is 3.68. The Bertz CT molecular complexity index is 793. The highest BCUT2D eigenvalue weighted by Crippen LogP contribution is 2.30. The van der Waals surface area contributed by atoms with Crippen LogP contribution in [0.4, 0.5) is 13.2 Å². The first-order valence-corrected chi connectivity index (χ1v) is 8.21. The van der Waals surface area contributed by atoms with Crippen LogP contribution in [0.15, 0.2) is 47.4 Å². The molecule has 0 spiro atoms. The van der Waals surface area contributed by atoms with Crippen molar-refractivity contribution in [2.24, 2.45) is 0 Å². The molecule has 0 bridgehead atoms. The highest BCUT2D eigenvalue weighted by Gasteiger charge is 2.30. The third-order valence-corrected chi connectivity index (χ3v) is 5.12. The van der Waals surface area contributed by atoms with Crippen molar-refractivity contribution < 1.29 is 21.6 Å². The van der Waals surface area contributed by atoms with Crippen molar-refractivity contribution >= 4 is 9.84 Å². The number of hydrogen-bond acceptors (Lipinski definition) is 2. The summed E-state index contributed by atoms with van der Waals surface area (Å²) < 4.78 is 62.9. The van der Waals surface area contributed by atoms with Gasteiger partial charge in [0.25, 0.3) is 0 Å². The van der Waals surface area contributed by atoms with E-state index >= 15 is 0 Å². The van der Waals surface area contributed by atoms with E-state index in [1.54, 1.807) is 19.1 Å². The molecule has 2 aromatic carbocycles. The SMILES string of the molecule is Cc1ccc(S(=O)(=O)Cc2cccc(C(F)(F)F)c2)c(C)c1. The van der Waals surface area contributed by atoms with Crippen LogP contribution >= 0.6 is 0 Å². The Morgan fingerprint density at radius 3 is 2.27 bits per heavy atom. The van der Waals surface area contributed by atoms with Gasteiger partial charge in [-0.1, -0.05) is 35.9 Å². The van der Waals surface area contributed by atoms with Crippen LogP contribution in [0.1, 0.15) is 22.3 Å². The molecule has 2 rings (SSSR count). The van der Waals surface area contributed by atoms with E-state index in [2.05, 4.69) is 0 Å². The summed E-state index contributed by atoms with van der Waals surface area (Å²) in [6.45, 7) is 3.52. The minimum absolute atomic E-state index is 0.120. The van der Waals surface area contributed by atoms with Gasteiger partial charge >= 0.3 is 6.18 Å². The number of sulfone groups is 1. The fourth-order valence-electron chi connectivity index (χ4n) is 2.28. The monoisotopic (exact) mass is 328 g/mol. The van der Waals surface area contributed by atoms with E-state index in [4.69, 9.17) is 0 Å². The molecule has 0 N–H and O–H groups in total. The van der Waals surface area contributed by atoms with E-state index in [0.29, 0.717) is 5.56 Å². The second-order valence-electron chi connectivity index (χ2n) is 5.23. The van der Waals surface area contributed by atoms with Gasteiger partial charge in [0.15, 0.2) is 9.84 Å². The maximum absolute atomic E-state index is 12.7. The molecule has 2 nitrogen and oxygen atoms in total. The van der Waals surface area contributed by atoms with E-state index in [9.17, 15) is 21.6 Å². The van der Waals surface area contributed by atoms with Gasteiger partial charge in [-0.25, -0.2) is 8.42 Å². The molecule has 0 heterocycles. The molecular formula is C16H15F3O2S. The summed E-state index contributed by atoms with van der Waals surface area (Å²) in [6, 6.07) is 9.30. The van der Waals surface area contributed by atoms with Crippen LogP contribution in [0.5, 0.6) is 0 Å². The number of hydrogen-bond donors (Lipinski definition) is 0. The van der Waals surface area contributed by atoms with Crippen molar-refractivity contribution in [1.29, 1.82) is 0 Å². The van der Waals surface area contributed by atoms with E-state index in [1.165, 1.54) is 18.2 Å². The standard InChI is InChI=1S/C16H15F3O2S/c1-11-6-7-15(12(2)8-11)22(20,21)10-13-4-3-5-14(9-13)16(17,18)19/h3-9H,10H2,1-2H3. The van der Waals surface area contributed by atoms with Gasteiger partial charge in [-0.15, -0.1) is 0 Å². The van der Waals surface area contributed by atoms with Gasteiger partial charge in [-0.05, 0) is 37.1 Å². The summed E-state index contributed by atoms with van der Waals surface area (Å²) in [5.41, 5.74) is 0.790. The minimum atomic E-state index is -4.49. The van der Waals surface area contributed by atoms with Gasteiger partial charge in [0.05, 0.1) is 16.2 Å². The van der Waals surface area contributed by atoms with Crippen molar-refractivity contribution in [2.45, 2.75) is 30.7 Å². The van der Waals surface area contributed by atoms with Crippen LogP contribution in [0, 0.1) is 13.8 Å². The van der Waals surface area contributed by atoms with Gasteiger partial charge in [0, 0.05) is 0 Å². The van der Waals surface area contributed by atoms with Crippen molar-refractivity contribution in [3.63, 3.8) is 0 Å². The second-order valence-corrected chi connectivity index (χ2v) is 7.18. The summed E-state index contributed by atoms with van der Waals surface area (Å²) in [5.74, 6) is -0.458. The lowest BCUT2D eigenvalue weighted by atomic mass is 10.1. The predicted octanol–water partition coefficient (Wildman–Crippen LogP) is 4.30. The first-order valence-electron chi connectivity index (χ1n) is 6.56. The molecule has 0 atom stereocenters. The van der Waals surface area contributed by atoms with Crippen molar-refractivity contribution in [3.05, 3.63) is 64.7 Å². The molecule has 0 amide bonds. The smallest absolute Gasteiger partial charge is 0.223 e. The van der Waals surface area contributed by atoms with Gasteiger partial charge in [0.1, 0.15) is 0 Å². The van der Waals surface area contributed by atoms with Crippen LogP contribution in [0.2, 0.25) is 0 Å². The number of halogens is 3. The molecular weight excluding hydrogens is 313 g/mol. The molecule has 0 aromatic heterocycles. The maximum atomic E-state index is 12.7. The van der Waals surface area contributed by atoms with Gasteiger partial charge in [-0.3, -0.25) is 0 Å². The molecule has 118 valence electrons. The molecule has 0 saturated carbocycles. The highest BCUT2D eigenvalue weighted by atomic mass is 32.2. The van der Waals surface area contributed by atoms with Gasteiger partial charge < -0.3 is 0 Å². The number of benzene rings is 2. The first kappa shape index (κ1) is 16.5. The lowest BCUT2D eigenvalue weighted by molar-refractivity contribution is -0.137. The highest BCUT2D eigenvalue weighted by molar-refractivity contribution is 7.90. The molecule has 0 aliphatic rings. The Balaban J connectivity index is 2.37. The Kier molecular flexibility index (Phi) is 4.33. The summed E-state index contributed by atoms with van der Waals surface area (Å²) in [4.78, 5) is 0.149. The quantitative estimate of drug-likeness (QED) is 0.842. The van der Waals surface area contributed by atoms with Gasteiger partial charge in [-0.2, -0.15) is 13.2 Å². The fourth-order valence-corrected chi connectivity index (χ4v) is 3.88. The first-order chi connectivity index (χ1) is 10.1. The lowest BCUT2D eigenvalue weighted by Crippen LogP contribution is -2.09. The van der Waals surface area contributed by atoms with E-state index in [-0.39, 0.29) is 10.5 Å².